The first kappa shape index (κ1) is 9.67. The van der Waals surface area contributed by atoms with Crippen molar-refractivity contribution in [2.75, 3.05) is 0 Å². The van der Waals surface area contributed by atoms with Crippen molar-refractivity contribution in [3.8, 4) is 0 Å². The molecule has 13 heavy (non-hydrogen) atoms. The first-order chi connectivity index (χ1) is 6.15. The van der Waals surface area contributed by atoms with Gasteiger partial charge in [0.2, 0.25) is 0 Å². The molecule has 1 heterocycles. The minimum absolute atomic E-state index is 0.0430. The quantitative estimate of drug-likeness (QED) is 0.732. The van der Waals surface area contributed by atoms with Crippen molar-refractivity contribution >= 4 is 5.97 Å². The van der Waals surface area contributed by atoms with Gasteiger partial charge in [0.15, 0.2) is 0 Å². The third-order valence-corrected chi connectivity index (χ3v) is 1.87. The molecule has 0 aromatic carbocycles. The number of nitrogens with zero attached hydrogens (tertiary/aromatic N) is 1. The Morgan fingerprint density at radius 1 is 1.77 bits per heavy atom. The molecule has 0 saturated heterocycles. The van der Waals surface area contributed by atoms with Crippen LogP contribution in [0.1, 0.15) is 35.4 Å². The zero-order valence-corrected chi connectivity index (χ0v) is 7.40. The van der Waals surface area contributed by atoms with Crippen molar-refractivity contribution in [3.63, 3.8) is 0 Å². The number of carbonyl (C=O) groups is 1. The van der Waals surface area contributed by atoms with Gasteiger partial charge >= 0.3 is 5.97 Å². The molecule has 4 heteroatoms. The number of hydrogen-bond donors (Lipinski definition) is 2. The second-order valence-corrected chi connectivity index (χ2v) is 2.79. The fraction of sp³-hybridized carbons (Fsp3) is 0.333. The van der Waals surface area contributed by atoms with Crippen LogP contribution in [-0.4, -0.2) is 16.1 Å². The molecule has 1 aromatic heterocycles. The smallest absolute Gasteiger partial charge is 0.354 e. The van der Waals surface area contributed by atoms with Gasteiger partial charge in [-0.3, -0.25) is 0 Å². The van der Waals surface area contributed by atoms with Crippen LogP contribution in [0.15, 0.2) is 18.3 Å². The van der Waals surface area contributed by atoms with Gasteiger partial charge in [0.25, 0.3) is 0 Å². The molecule has 1 unspecified atom stereocenters. The van der Waals surface area contributed by atoms with E-state index in [0.29, 0.717) is 0 Å². The SMILES string of the molecule is CCC(N)c1ccnc(C(=O)O)c1. The number of nitrogens with two attached hydrogens (primary N) is 1. The van der Waals surface area contributed by atoms with E-state index in [1.165, 1.54) is 12.3 Å². The largest absolute Gasteiger partial charge is 0.477 e. The molecule has 0 amide bonds. The van der Waals surface area contributed by atoms with Crippen molar-refractivity contribution in [2.45, 2.75) is 19.4 Å². The molecular weight excluding hydrogens is 168 g/mol. The van der Waals surface area contributed by atoms with E-state index in [1.807, 2.05) is 6.92 Å². The van der Waals surface area contributed by atoms with Gasteiger partial charge in [0, 0.05) is 12.2 Å². The fourth-order valence-corrected chi connectivity index (χ4v) is 1.03. The lowest BCUT2D eigenvalue weighted by molar-refractivity contribution is 0.0690. The van der Waals surface area contributed by atoms with Gasteiger partial charge in [0.1, 0.15) is 5.69 Å². The van der Waals surface area contributed by atoms with Crippen molar-refractivity contribution in [1.29, 1.82) is 0 Å². The Labute approximate surface area is 76.4 Å². The number of aromatic carboxylic acids is 1. The molecule has 1 atom stereocenters. The molecule has 0 spiro atoms. The van der Waals surface area contributed by atoms with Crippen molar-refractivity contribution < 1.29 is 9.90 Å². The monoisotopic (exact) mass is 180 g/mol. The maximum Gasteiger partial charge on any atom is 0.354 e. The number of aromatic nitrogens is 1. The molecule has 1 rings (SSSR count). The summed E-state index contributed by atoms with van der Waals surface area (Å²) in [5.74, 6) is -1.02. The van der Waals surface area contributed by atoms with E-state index in [4.69, 9.17) is 10.8 Å². The third-order valence-electron chi connectivity index (χ3n) is 1.87. The molecule has 0 bridgehead atoms. The van der Waals surface area contributed by atoms with Gasteiger partial charge in [-0.25, -0.2) is 9.78 Å². The van der Waals surface area contributed by atoms with Gasteiger partial charge < -0.3 is 10.8 Å². The van der Waals surface area contributed by atoms with Crippen LogP contribution >= 0.6 is 0 Å². The number of pyridine rings is 1. The summed E-state index contributed by atoms with van der Waals surface area (Å²) in [5, 5.41) is 8.66. The molecule has 0 aliphatic carbocycles. The molecule has 1 aromatic rings. The minimum atomic E-state index is -1.02. The third kappa shape index (κ3) is 2.26. The van der Waals surface area contributed by atoms with Crippen LogP contribution in [0.25, 0.3) is 0 Å². The van der Waals surface area contributed by atoms with Crippen LogP contribution in [-0.2, 0) is 0 Å². The average Bonchev–Trinajstić information content (AvgIpc) is 2.17. The number of hydrogen-bond acceptors (Lipinski definition) is 3. The summed E-state index contributed by atoms with van der Waals surface area (Å²) in [4.78, 5) is 14.3. The van der Waals surface area contributed by atoms with Crippen LogP contribution in [0.5, 0.6) is 0 Å². The second-order valence-electron chi connectivity index (χ2n) is 2.79. The van der Waals surface area contributed by atoms with E-state index in [0.717, 1.165) is 12.0 Å². The molecule has 0 fully saturated rings. The number of rotatable bonds is 3. The van der Waals surface area contributed by atoms with Crippen LogP contribution < -0.4 is 5.73 Å². The lowest BCUT2D eigenvalue weighted by Crippen LogP contribution is -2.10. The standard InChI is InChI=1S/C9H12N2O2/c1-2-7(10)6-3-4-11-8(5-6)9(12)13/h3-5,7H,2,10H2,1H3,(H,12,13). The van der Waals surface area contributed by atoms with Crippen LogP contribution in [0.4, 0.5) is 0 Å². The lowest BCUT2D eigenvalue weighted by Gasteiger charge is -2.08. The van der Waals surface area contributed by atoms with Crippen molar-refractivity contribution in [1.82, 2.24) is 4.98 Å². The van der Waals surface area contributed by atoms with E-state index in [2.05, 4.69) is 4.98 Å². The molecule has 3 N–H and O–H groups in total. The zero-order valence-electron chi connectivity index (χ0n) is 7.40. The highest BCUT2D eigenvalue weighted by Crippen LogP contribution is 2.13. The summed E-state index contributed by atoms with van der Waals surface area (Å²) >= 11 is 0. The van der Waals surface area contributed by atoms with Crippen LogP contribution in [0.2, 0.25) is 0 Å². The van der Waals surface area contributed by atoms with Crippen molar-refractivity contribution in [2.24, 2.45) is 5.73 Å². The van der Waals surface area contributed by atoms with E-state index in [9.17, 15) is 4.79 Å². The predicted octanol–water partition coefficient (Wildman–Crippen LogP) is 1.19. The van der Waals surface area contributed by atoms with E-state index in [-0.39, 0.29) is 11.7 Å². The Morgan fingerprint density at radius 3 is 3.00 bits per heavy atom. The average molecular weight is 180 g/mol. The van der Waals surface area contributed by atoms with Gasteiger partial charge in [-0.15, -0.1) is 0 Å². The molecule has 0 radical (unpaired) electrons. The van der Waals surface area contributed by atoms with Crippen molar-refractivity contribution in [3.05, 3.63) is 29.6 Å². The summed E-state index contributed by atoms with van der Waals surface area (Å²) in [6.07, 6.45) is 2.25. The molecule has 0 saturated carbocycles. The minimum Gasteiger partial charge on any atom is -0.477 e. The summed E-state index contributed by atoms with van der Waals surface area (Å²) in [5.41, 5.74) is 6.60. The Morgan fingerprint density at radius 2 is 2.46 bits per heavy atom. The zero-order chi connectivity index (χ0) is 9.84. The maximum atomic E-state index is 10.6. The van der Waals surface area contributed by atoms with E-state index < -0.39 is 5.97 Å². The summed E-state index contributed by atoms with van der Waals surface area (Å²) < 4.78 is 0. The van der Waals surface area contributed by atoms with Crippen LogP contribution in [0.3, 0.4) is 0 Å². The predicted molar refractivity (Wildman–Crippen MR) is 48.4 cm³/mol. The summed E-state index contributed by atoms with van der Waals surface area (Å²) in [6, 6.07) is 3.14. The Kier molecular flexibility index (Phi) is 2.97. The maximum absolute atomic E-state index is 10.6. The molecule has 70 valence electrons. The molecule has 0 aliphatic heterocycles. The van der Waals surface area contributed by atoms with E-state index in [1.54, 1.807) is 6.07 Å². The van der Waals surface area contributed by atoms with Gasteiger partial charge in [-0.05, 0) is 24.1 Å². The molecular formula is C9H12N2O2. The van der Waals surface area contributed by atoms with Crippen LogP contribution in [0, 0.1) is 0 Å². The topological polar surface area (TPSA) is 76.2 Å². The Hall–Kier alpha value is -1.42. The summed E-state index contributed by atoms with van der Waals surface area (Å²) in [6.45, 7) is 1.95. The normalized spacial score (nSPS) is 12.5. The number of carboxylic acid groups (broad SMARTS) is 1. The van der Waals surface area contributed by atoms with Gasteiger partial charge in [0.05, 0.1) is 0 Å². The Bertz CT molecular complexity index is 312. The highest BCUT2D eigenvalue weighted by atomic mass is 16.4. The first-order valence-corrected chi connectivity index (χ1v) is 4.10. The van der Waals surface area contributed by atoms with E-state index >= 15 is 0 Å². The fourth-order valence-electron chi connectivity index (χ4n) is 1.03. The highest BCUT2D eigenvalue weighted by Gasteiger charge is 2.08. The highest BCUT2D eigenvalue weighted by molar-refractivity contribution is 5.85. The van der Waals surface area contributed by atoms with Gasteiger partial charge in [-0.2, -0.15) is 0 Å². The van der Waals surface area contributed by atoms with Gasteiger partial charge in [-0.1, -0.05) is 6.92 Å². The Balaban J connectivity index is 2.98. The molecule has 0 aliphatic rings. The second kappa shape index (κ2) is 4.00. The first-order valence-electron chi connectivity index (χ1n) is 4.10. The number of carboxylic acids is 1. The molecule has 4 nitrogen and oxygen atoms in total. The lowest BCUT2D eigenvalue weighted by atomic mass is 10.1. The summed E-state index contributed by atoms with van der Waals surface area (Å²) in [7, 11) is 0.